The third-order valence-electron chi connectivity index (χ3n) is 1.71. The van der Waals surface area contributed by atoms with Crippen molar-refractivity contribution in [2.45, 2.75) is 6.10 Å². The Morgan fingerprint density at radius 3 is 2.81 bits per heavy atom. The minimum atomic E-state index is -0.743. The number of hydrogen-bond acceptors (Lipinski definition) is 5. The summed E-state index contributed by atoms with van der Waals surface area (Å²) in [6.45, 7) is 0.0644. The van der Waals surface area contributed by atoms with Crippen molar-refractivity contribution in [1.29, 1.82) is 0 Å². The molecule has 0 aliphatic rings. The Balaban J connectivity index is 2.76. The van der Waals surface area contributed by atoms with Crippen LogP contribution in [0.5, 0.6) is 0 Å². The molecule has 1 unspecified atom stereocenters. The molecule has 1 rings (SSSR count). The number of carbonyl (C=O) groups excluding carboxylic acids is 1. The van der Waals surface area contributed by atoms with Crippen molar-refractivity contribution in [3.8, 4) is 0 Å². The first-order valence-corrected chi connectivity index (χ1v) is 5.06. The molecule has 1 aromatic rings. The number of nitrogens with two attached hydrogens (primary N) is 1. The predicted octanol–water partition coefficient (Wildman–Crippen LogP) is 0.696. The zero-order valence-corrected chi connectivity index (χ0v) is 9.92. The Hall–Kier alpha value is -0.950. The van der Waals surface area contributed by atoms with Gasteiger partial charge in [-0.15, -0.1) is 0 Å². The van der Waals surface area contributed by atoms with E-state index < -0.39 is 12.0 Å². The van der Waals surface area contributed by atoms with Gasteiger partial charge in [0.1, 0.15) is 17.1 Å². The van der Waals surface area contributed by atoms with Gasteiger partial charge in [-0.25, -0.2) is 9.97 Å². The van der Waals surface area contributed by atoms with Crippen LogP contribution in [0.2, 0.25) is 10.4 Å². The number of ether oxygens (including phenoxy) is 1. The highest BCUT2D eigenvalue weighted by Crippen LogP contribution is 2.14. The second-order valence-electron chi connectivity index (χ2n) is 2.79. The van der Waals surface area contributed by atoms with Gasteiger partial charge in [0.25, 0.3) is 5.91 Å². The van der Waals surface area contributed by atoms with Gasteiger partial charge in [-0.3, -0.25) is 4.79 Å². The van der Waals surface area contributed by atoms with E-state index in [9.17, 15) is 4.79 Å². The standard InChI is InChI=1S/C8H10Cl2N4O2/c1-16-4(3-11)7(15)13-6-2-5(9)12-8(10)14-6/h2,4H,3,11H2,1H3,(H,12,13,14,15). The van der Waals surface area contributed by atoms with Gasteiger partial charge in [0.05, 0.1) is 0 Å². The van der Waals surface area contributed by atoms with Crippen LogP contribution < -0.4 is 11.1 Å². The Labute approximate surface area is 102 Å². The lowest BCUT2D eigenvalue weighted by Crippen LogP contribution is -2.36. The molecule has 0 fully saturated rings. The molecule has 1 aromatic heterocycles. The molecule has 0 aliphatic carbocycles. The van der Waals surface area contributed by atoms with Crippen molar-refractivity contribution in [2.24, 2.45) is 5.73 Å². The zero-order chi connectivity index (χ0) is 12.1. The van der Waals surface area contributed by atoms with Gasteiger partial charge in [0, 0.05) is 19.7 Å². The zero-order valence-electron chi connectivity index (χ0n) is 8.41. The van der Waals surface area contributed by atoms with E-state index in [0.717, 1.165) is 0 Å². The monoisotopic (exact) mass is 264 g/mol. The molecule has 0 saturated heterocycles. The smallest absolute Gasteiger partial charge is 0.255 e. The van der Waals surface area contributed by atoms with Crippen LogP contribution >= 0.6 is 23.2 Å². The molecule has 3 N–H and O–H groups in total. The minimum Gasteiger partial charge on any atom is -0.370 e. The Bertz CT molecular complexity index is 364. The summed E-state index contributed by atoms with van der Waals surface area (Å²) in [6, 6.07) is 1.37. The topological polar surface area (TPSA) is 90.1 Å². The molecule has 1 heterocycles. The highest BCUT2D eigenvalue weighted by atomic mass is 35.5. The van der Waals surface area contributed by atoms with Gasteiger partial charge in [0.2, 0.25) is 5.28 Å². The number of amides is 1. The molecule has 16 heavy (non-hydrogen) atoms. The van der Waals surface area contributed by atoms with Crippen LogP contribution in [0.4, 0.5) is 5.82 Å². The highest BCUT2D eigenvalue weighted by Gasteiger charge is 2.16. The minimum absolute atomic E-state index is 0.0514. The summed E-state index contributed by atoms with van der Waals surface area (Å²) in [5.74, 6) is -0.221. The first kappa shape index (κ1) is 13.1. The lowest BCUT2D eigenvalue weighted by atomic mass is 10.3. The highest BCUT2D eigenvalue weighted by molar-refractivity contribution is 6.32. The predicted molar refractivity (Wildman–Crippen MR) is 60.5 cm³/mol. The molecule has 1 amide bonds. The Kier molecular flexibility index (Phi) is 4.88. The molecule has 0 aliphatic heterocycles. The van der Waals surface area contributed by atoms with E-state index in [-0.39, 0.29) is 22.8 Å². The van der Waals surface area contributed by atoms with E-state index in [2.05, 4.69) is 15.3 Å². The number of methoxy groups -OCH3 is 1. The van der Waals surface area contributed by atoms with Crippen LogP contribution in [0.25, 0.3) is 0 Å². The van der Waals surface area contributed by atoms with Crippen molar-refractivity contribution < 1.29 is 9.53 Å². The average molecular weight is 265 g/mol. The maximum atomic E-state index is 11.5. The molecule has 0 spiro atoms. The lowest BCUT2D eigenvalue weighted by Gasteiger charge is -2.12. The normalized spacial score (nSPS) is 12.2. The average Bonchev–Trinajstić information content (AvgIpc) is 2.17. The fourth-order valence-electron chi connectivity index (χ4n) is 0.971. The summed E-state index contributed by atoms with van der Waals surface area (Å²) < 4.78 is 4.85. The second-order valence-corrected chi connectivity index (χ2v) is 3.52. The molecule has 0 saturated carbocycles. The van der Waals surface area contributed by atoms with Gasteiger partial charge in [-0.2, -0.15) is 0 Å². The van der Waals surface area contributed by atoms with Crippen LogP contribution in [0, 0.1) is 0 Å². The number of rotatable bonds is 4. The van der Waals surface area contributed by atoms with E-state index in [4.69, 9.17) is 33.7 Å². The first-order valence-electron chi connectivity index (χ1n) is 4.30. The fraction of sp³-hybridized carbons (Fsp3) is 0.375. The van der Waals surface area contributed by atoms with Crippen molar-refractivity contribution in [1.82, 2.24) is 9.97 Å². The summed E-state index contributed by atoms with van der Waals surface area (Å²) in [5, 5.41) is 2.55. The first-order chi connectivity index (χ1) is 7.56. The van der Waals surface area contributed by atoms with E-state index in [1.54, 1.807) is 0 Å². The molecule has 8 heteroatoms. The van der Waals surface area contributed by atoms with E-state index in [0.29, 0.717) is 0 Å². The molecule has 88 valence electrons. The molecular weight excluding hydrogens is 255 g/mol. The summed E-state index contributed by atoms with van der Waals surface area (Å²) in [5.41, 5.74) is 5.33. The number of nitrogens with zero attached hydrogens (tertiary/aromatic N) is 2. The van der Waals surface area contributed by atoms with Crippen molar-refractivity contribution in [3.05, 3.63) is 16.5 Å². The summed E-state index contributed by atoms with van der Waals surface area (Å²) in [4.78, 5) is 18.9. The molecule has 0 radical (unpaired) electrons. The molecule has 0 bridgehead atoms. The van der Waals surface area contributed by atoms with Crippen molar-refractivity contribution >= 4 is 34.9 Å². The van der Waals surface area contributed by atoms with Gasteiger partial charge in [0.15, 0.2) is 0 Å². The Morgan fingerprint density at radius 2 is 2.31 bits per heavy atom. The SMILES string of the molecule is COC(CN)C(=O)Nc1cc(Cl)nc(Cl)n1. The van der Waals surface area contributed by atoms with Gasteiger partial charge in [-0.05, 0) is 11.6 Å². The number of hydrogen-bond donors (Lipinski definition) is 2. The van der Waals surface area contributed by atoms with Gasteiger partial charge < -0.3 is 15.8 Å². The molecule has 6 nitrogen and oxygen atoms in total. The van der Waals surface area contributed by atoms with Crippen LogP contribution in [-0.4, -0.2) is 35.6 Å². The van der Waals surface area contributed by atoms with E-state index in [1.165, 1.54) is 13.2 Å². The summed E-state index contributed by atoms with van der Waals surface area (Å²) >= 11 is 11.2. The summed E-state index contributed by atoms with van der Waals surface area (Å²) in [7, 11) is 1.39. The van der Waals surface area contributed by atoms with Gasteiger partial charge >= 0.3 is 0 Å². The van der Waals surface area contributed by atoms with Crippen molar-refractivity contribution in [2.75, 3.05) is 19.0 Å². The van der Waals surface area contributed by atoms with Crippen LogP contribution in [0.15, 0.2) is 6.07 Å². The van der Waals surface area contributed by atoms with Crippen LogP contribution in [0.3, 0.4) is 0 Å². The number of anilines is 1. The largest absolute Gasteiger partial charge is 0.370 e. The third-order valence-corrected chi connectivity index (χ3v) is 2.07. The Morgan fingerprint density at radius 1 is 1.62 bits per heavy atom. The summed E-state index contributed by atoms with van der Waals surface area (Å²) in [6.07, 6.45) is -0.743. The number of carbonyl (C=O) groups is 1. The second kappa shape index (κ2) is 5.95. The molecular formula is C8H10Cl2N4O2. The van der Waals surface area contributed by atoms with Gasteiger partial charge in [-0.1, -0.05) is 11.6 Å². The lowest BCUT2D eigenvalue weighted by molar-refractivity contribution is -0.125. The fourth-order valence-corrected chi connectivity index (χ4v) is 1.38. The maximum Gasteiger partial charge on any atom is 0.255 e. The molecule has 0 aromatic carbocycles. The third kappa shape index (κ3) is 3.57. The number of nitrogens with one attached hydrogen (secondary N) is 1. The number of halogens is 2. The number of aromatic nitrogens is 2. The van der Waals surface area contributed by atoms with Crippen LogP contribution in [-0.2, 0) is 9.53 Å². The maximum absolute atomic E-state index is 11.5. The molecule has 1 atom stereocenters. The van der Waals surface area contributed by atoms with Crippen LogP contribution in [0.1, 0.15) is 0 Å². The quantitative estimate of drug-likeness (QED) is 0.617. The van der Waals surface area contributed by atoms with E-state index in [1.807, 2.05) is 0 Å². The van der Waals surface area contributed by atoms with E-state index >= 15 is 0 Å². The van der Waals surface area contributed by atoms with Crippen molar-refractivity contribution in [3.63, 3.8) is 0 Å².